The Balaban J connectivity index is 2.03. The van der Waals surface area contributed by atoms with Crippen molar-refractivity contribution in [2.75, 3.05) is 13.1 Å². The second-order valence-corrected chi connectivity index (χ2v) is 4.74. The summed E-state index contributed by atoms with van der Waals surface area (Å²) in [4.78, 5) is 13.6. The van der Waals surface area contributed by atoms with Gasteiger partial charge in [0.25, 0.3) is 0 Å². The van der Waals surface area contributed by atoms with Crippen molar-refractivity contribution in [3.8, 4) is 0 Å². The highest BCUT2D eigenvalue weighted by atomic mass is 79.9. The van der Waals surface area contributed by atoms with Crippen LogP contribution in [-0.2, 0) is 4.79 Å². The Hall–Kier alpha value is -1.09. The van der Waals surface area contributed by atoms with E-state index in [0.29, 0.717) is 0 Å². The molecule has 16 heavy (non-hydrogen) atoms. The molecular formula is C13H14BrNO. The molecule has 0 spiro atoms. The minimum Gasteiger partial charge on any atom is -0.339 e. The van der Waals surface area contributed by atoms with Crippen molar-refractivity contribution in [1.82, 2.24) is 4.90 Å². The first-order valence-electron chi connectivity index (χ1n) is 5.49. The van der Waals surface area contributed by atoms with E-state index in [1.165, 1.54) is 0 Å². The van der Waals surface area contributed by atoms with Gasteiger partial charge >= 0.3 is 0 Å². The van der Waals surface area contributed by atoms with Crippen molar-refractivity contribution >= 4 is 27.9 Å². The molecule has 1 aliphatic rings. The molecular weight excluding hydrogens is 266 g/mol. The molecule has 1 aromatic rings. The van der Waals surface area contributed by atoms with Crippen molar-refractivity contribution in [2.24, 2.45) is 0 Å². The molecule has 1 fully saturated rings. The average Bonchev–Trinajstić information content (AvgIpc) is 2.81. The zero-order valence-electron chi connectivity index (χ0n) is 9.03. The molecule has 0 aromatic heterocycles. The molecule has 1 aromatic carbocycles. The van der Waals surface area contributed by atoms with Crippen LogP contribution >= 0.6 is 15.9 Å². The fraction of sp³-hybridized carbons (Fsp3) is 0.308. The van der Waals surface area contributed by atoms with Crippen LogP contribution in [0, 0.1) is 0 Å². The largest absolute Gasteiger partial charge is 0.339 e. The summed E-state index contributed by atoms with van der Waals surface area (Å²) in [6, 6.07) is 7.88. The molecule has 2 nitrogen and oxygen atoms in total. The first kappa shape index (κ1) is 11.4. The van der Waals surface area contributed by atoms with Crippen molar-refractivity contribution in [2.45, 2.75) is 12.8 Å². The van der Waals surface area contributed by atoms with Gasteiger partial charge in [0.1, 0.15) is 0 Å². The van der Waals surface area contributed by atoms with E-state index in [1.807, 2.05) is 35.2 Å². The van der Waals surface area contributed by atoms with Gasteiger partial charge in [0.15, 0.2) is 0 Å². The summed E-state index contributed by atoms with van der Waals surface area (Å²) in [5, 5.41) is 0. The quantitative estimate of drug-likeness (QED) is 0.762. The number of benzene rings is 1. The molecule has 3 heteroatoms. The van der Waals surface area contributed by atoms with Crippen LogP contribution in [0.25, 0.3) is 6.08 Å². The topological polar surface area (TPSA) is 20.3 Å². The number of likely N-dealkylation sites (tertiary alicyclic amines) is 1. The van der Waals surface area contributed by atoms with Crippen LogP contribution in [0.4, 0.5) is 0 Å². The number of nitrogens with zero attached hydrogens (tertiary/aromatic N) is 1. The smallest absolute Gasteiger partial charge is 0.246 e. The standard InChI is InChI=1S/C13H14BrNO/c14-12-6-2-1-5-11(12)7-8-13(16)15-9-3-4-10-15/h1-2,5-8H,3-4,9-10H2/b8-7+. The Morgan fingerprint density at radius 2 is 1.94 bits per heavy atom. The highest BCUT2D eigenvalue weighted by Crippen LogP contribution is 2.17. The van der Waals surface area contributed by atoms with Crippen LogP contribution in [0.5, 0.6) is 0 Å². The average molecular weight is 280 g/mol. The number of halogens is 1. The second kappa shape index (κ2) is 5.30. The fourth-order valence-corrected chi connectivity index (χ4v) is 2.23. The Kier molecular flexibility index (Phi) is 3.78. The molecule has 0 N–H and O–H groups in total. The SMILES string of the molecule is O=C(/C=C/c1ccccc1Br)N1CCCC1. The zero-order valence-corrected chi connectivity index (χ0v) is 10.6. The third kappa shape index (κ3) is 2.73. The third-order valence-electron chi connectivity index (χ3n) is 2.73. The maximum atomic E-state index is 11.8. The summed E-state index contributed by atoms with van der Waals surface area (Å²) in [5.74, 6) is 0.119. The van der Waals surface area contributed by atoms with Crippen molar-refractivity contribution in [1.29, 1.82) is 0 Å². The molecule has 0 saturated carbocycles. The van der Waals surface area contributed by atoms with Crippen molar-refractivity contribution < 1.29 is 4.79 Å². The molecule has 2 rings (SSSR count). The molecule has 0 unspecified atom stereocenters. The Morgan fingerprint density at radius 1 is 1.25 bits per heavy atom. The number of hydrogen-bond acceptors (Lipinski definition) is 1. The highest BCUT2D eigenvalue weighted by Gasteiger charge is 2.14. The summed E-state index contributed by atoms with van der Waals surface area (Å²) in [5.41, 5.74) is 1.04. The minimum absolute atomic E-state index is 0.119. The summed E-state index contributed by atoms with van der Waals surface area (Å²) < 4.78 is 1.01. The second-order valence-electron chi connectivity index (χ2n) is 3.89. The van der Waals surface area contributed by atoms with Crippen LogP contribution < -0.4 is 0 Å². The van der Waals surface area contributed by atoms with Crippen LogP contribution in [0.2, 0.25) is 0 Å². The minimum atomic E-state index is 0.119. The molecule has 0 radical (unpaired) electrons. The predicted octanol–water partition coefficient (Wildman–Crippen LogP) is 3.08. The number of carbonyl (C=O) groups is 1. The molecule has 1 aliphatic heterocycles. The Bertz CT molecular complexity index is 408. The van der Waals surface area contributed by atoms with Gasteiger partial charge in [-0.25, -0.2) is 0 Å². The predicted molar refractivity (Wildman–Crippen MR) is 69.0 cm³/mol. The van der Waals surface area contributed by atoms with Crippen molar-refractivity contribution in [3.05, 3.63) is 40.4 Å². The summed E-state index contributed by atoms with van der Waals surface area (Å²) >= 11 is 3.45. The van der Waals surface area contributed by atoms with Crippen LogP contribution in [0.3, 0.4) is 0 Å². The molecule has 0 aliphatic carbocycles. The molecule has 0 atom stereocenters. The van der Waals surface area contributed by atoms with Crippen LogP contribution in [0.15, 0.2) is 34.8 Å². The zero-order chi connectivity index (χ0) is 11.4. The van der Waals surface area contributed by atoms with Gasteiger partial charge in [-0.05, 0) is 30.5 Å². The molecule has 84 valence electrons. The van der Waals surface area contributed by atoms with Crippen molar-refractivity contribution in [3.63, 3.8) is 0 Å². The Morgan fingerprint density at radius 3 is 2.62 bits per heavy atom. The number of carbonyl (C=O) groups excluding carboxylic acids is 1. The normalized spacial score (nSPS) is 15.9. The highest BCUT2D eigenvalue weighted by molar-refractivity contribution is 9.10. The first-order chi connectivity index (χ1) is 7.77. The van der Waals surface area contributed by atoms with E-state index in [0.717, 1.165) is 36.0 Å². The fourth-order valence-electron chi connectivity index (χ4n) is 1.81. The lowest BCUT2D eigenvalue weighted by molar-refractivity contribution is -0.124. The Labute approximate surface area is 104 Å². The number of amides is 1. The first-order valence-corrected chi connectivity index (χ1v) is 6.28. The van der Waals surface area contributed by atoms with Gasteiger partial charge < -0.3 is 4.90 Å². The maximum absolute atomic E-state index is 11.8. The lowest BCUT2D eigenvalue weighted by Crippen LogP contribution is -2.25. The lowest BCUT2D eigenvalue weighted by Gasteiger charge is -2.11. The van der Waals surface area contributed by atoms with Gasteiger partial charge in [-0.3, -0.25) is 4.79 Å². The monoisotopic (exact) mass is 279 g/mol. The number of rotatable bonds is 2. The van der Waals surface area contributed by atoms with Gasteiger partial charge in [0.2, 0.25) is 5.91 Å². The third-order valence-corrected chi connectivity index (χ3v) is 3.45. The van der Waals surface area contributed by atoms with Crippen LogP contribution in [0.1, 0.15) is 18.4 Å². The van der Waals surface area contributed by atoms with E-state index < -0.39 is 0 Å². The summed E-state index contributed by atoms with van der Waals surface area (Å²) in [6.07, 6.45) is 5.79. The van der Waals surface area contributed by atoms with E-state index in [2.05, 4.69) is 15.9 Å². The van der Waals surface area contributed by atoms with Gasteiger partial charge in [-0.2, -0.15) is 0 Å². The maximum Gasteiger partial charge on any atom is 0.246 e. The van der Waals surface area contributed by atoms with E-state index in [4.69, 9.17) is 0 Å². The molecule has 0 bridgehead atoms. The molecule has 1 saturated heterocycles. The molecule has 1 amide bonds. The summed E-state index contributed by atoms with van der Waals surface area (Å²) in [7, 11) is 0. The van der Waals surface area contributed by atoms with Gasteiger partial charge in [-0.15, -0.1) is 0 Å². The van der Waals surface area contributed by atoms with E-state index in [9.17, 15) is 4.79 Å². The van der Waals surface area contributed by atoms with E-state index >= 15 is 0 Å². The van der Waals surface area contributed by atoms with Gasteiger partial charge in [0, 0.05) is 23.6 Å². The van der Waals surface area contributed by atoms with E-state index in [1.54, 1.807) is 6.08 Å². The summed E-state index contributed by atoms with van der Waals surface area (Å²) in [6.45, 7) is 1.80. The molecule has 1 heterocycles. The van der Waals surface area contributed by atoms with E-state index in [-0.39, 0.29) is 5.91 Å². The van der Waals surface area contributed by atoms with Crippen LogP contribution in [-0.4, -0.2) is 23.9 Å². The number of hydrogen-bond donors (Lipinski definition) is 0. The lowest BCUT2D eigenvalue weighted by atomic mass is 10.2. The van der Waals surface area contributed by atoms with Gasteiger partial charge in [-0.1, -0.05) is 34.1 Å². The van der Waals surface area contributed by atoms with Gasteiger partial charge in [0.05, 0.1) is 0 Å².